The molecule has 0 aromatic heterocycles. The molecule has 0 aliphatic rings. The highest BCUT2D eigenvalue weighted by Crippen LogP contribution is 2.38. The van der Waals surface area contributed by atoms with Crippen molar-refractivity contribution in [3.8, 4) is 5.75 Å². The van der Waals surface area contributed by atoms with Gasteiger partial charge < -0.3 is 5.11 Å². The molecule has 0 aliphatic heterocycles. The summed E-state index contributed by atoms with van der Waals surface area (Å²) in [5.41, 5.74) is 6.97. The van der Waals surface area contributed by atoms with Gasteiger partial charge in [-0.2, -0.15) is 0 Å². The van der Waals surface area contributed by atoms with Crippen LogP contribution in [0.3, 0.4) is 0 Å². The summed E-state index contributed by atoms with van der Waals surface area (Å²) in [5, 5.41) is 16.5. The number of phenolic OH excluding ortho intramolecular Hbond substituents is 1. The van der Waals surface area contributed by atoms with Gasteiger partial charge in [0, 0.05) is 18.4 Å². The summed E-state index contributed by atoms with van der Waals surface area (Å²) in [5.74, 6) is 0.437. The maximum atomic E-state index is 11.5. The van der Waals surface area contributed by atoms with E-state index >= 15 is 0 Å². The average molecular weight is 445 g/mol. The fraction of sp³-hybridized carbons (Fsp3) is 0.212. The summed E-state index contributed by atoms with van der Waals surface area (Å²) in [6.07, 6.45) is 1.43. The first-order valence-electron chi connectivity index (χ1n) is 12.1. The van der Waals surface area contributed by atoms with Crippen molar-refractivity contribution >= 4 is 21.5 Å². The van der Waals surface area contributed by atoms with Crippen molar-refractivity contribution in [2.24, 2.45) is 0 Å². The molecular formula is C33H32O. The van der Waals surface area contributed by atoms with Crippen LogP contribution >= 0.6 is 0 Å². The first-order chi connectivity index (χ1) is 16.3. The molecule has 0 heterocycles. The largest absolute Gasteiger partial charge is 0.507 e. The van der Waals surface area contributed by atoms with Crippen LogP contribution in [0.1, 0.15) is 54.2 Å². The zero-order chi connectivity index (χ0) is 23.9. The van der Waals surface area contributed by atoms with E-state index in [1.165, 1.54) is 43.8 Å². The highest BCUT2D eigenvalue weighted by Gasteiger charge is 2.23. The molecule has 0 saturated carbocycles. The van der Waals surface area contributed by atoms with Gasteiger partial charge in [0.25, 0.3) is 0 Å². The minimum atomic E-state index is -0.00590. The lowest BCUT2D eigenvalue weighted by atomic mass is 9.79. The zero-order valence-corrected chi connectivity index (χ0v) is 20.5. The Labute approximate surface area is 202 Å². The predicted octanol–water partition coefficient (Wildman–Crippen LogP) is 8.49. The van der Waals surface area contributed by atoms with Crippen LogP contribution < -0.4 is 0 Å². The molecule has 0 unspecified atom stereocenters. The molecule has 34 heavy (non-hydrogen) atoms. The SMILES string of the molecule is Cc1c(C(C)(C)C)cc(Cc2ccc3ccccc3c2)c(O)c1Cc1ccc2ccccc2c1. The van der Waals surface area contributed by atoms with Crippen LogP contribution in [0.5, 0.6) is 5.75 Å². The molecule has 170 valence electrons. The molecule has 0 aliphatic carbocycles. The van der Waals surface area contributed by atoms with Crippen LogP contribution in [0, 0.1) is 6.92 Å². The van der Waals surface area contributed by atoms with E-state index in [1.54, 1.807) is 0 Å². The minimum absolute atomic E-state index is 0.00590. The number of phenols is 1. The number of hydrogen-bond acceptors (Lipinski definition) is 1. The lowest BCUT2D eigenvalue weighted by Crippen LogP contribution is -2.15. The van der Waals surface area contributed by atoms with Crippen molar-refractivity contribution in [2.45, 2.75) is 46.0 Å². The van der Waals surface area contributed by atoms with Gasteiger partial charge >= 0.3 is 0 Å². The molecule has 0 amide bonds. The van der Waals surface area contributed by atoms with E-state index in [1.807, 2.05) is 0 Å². The maximum absolute atomic E-state index is 11.5. The molecule has 5 aromatic rings. The van der Waals surface area contributed by atoms with Crippen LogP contribution in [-0.4, -0.2) is 5.11 Å². The Balaban J connectivity index is 1.59. The molecule has 1 N–H and O–H groups in total. The Morgan fingerprint density at radius 1 is 0.618 bits per heavy atom. The zero-order valence-electron chi connectivity index (χ0n) is 20.5. The van der Waals surface area contributed by atoms with Gasteiger partial charge in [0.2, 0.25) is 0 Å². The van der Waals surface area contributed by atoms with Crippen LogP contribution in [0.4, 0.5) is 0 Å². The Morgan fingerprint density at radius 3 is 1.65 bits per heavy atom. The summed E-state index contributed by atoms with van der Waals surface area (Å²) >= 11 is 0. The van der Waals surface area contributed by atoms with Crippen molar-refractivity contribution < 1.29 is 5.11 Å². The second-order valence-corrected chi connectivity index (χ2v) is 10.5. The van der Waals surface area contributed by atoms with Gasteiger partial charge in [0.1, 0.15) is 5.75 Å². The highest BCUT2D eigenvalue weighted by atomic mass is 16.3. The number of rotatable bonds is 4. The molecule has 0 fully saturated rings. The smallest absolute Gasteiger partial charge is 0.122 e. The molecule has 5 aromatic carbocycles. The highest BCUT2D eigenvalue weighted by molar-refractivity contribution is 5.84. The summed E-state index contributed by atoms with van der Waals surface area (Å²) in [6.45, 7) is 8.93. The van der Waals surface area contributed by atoms with E-state index in [0.29, 0.717) is 12.2 Å². The van der Waals surface area contributed by atoms with Gasteiger partial charge in [-0.1, -0.05) is 112 Å². The normalized spacial score (nSPS) is 11.9. The van der Waals surface area contributed by atoms with Crippen LogP contribution in [0.25, 0.3) is 21.5 Å². The summed E-state index contributed by atoms with van der Waals surface area (Å²) in [4.78, 5) is 0. The summed E-state index contributed by atoms with van der Waals surface area (Å²) in [6, 6.07) is 32.3. The molecule has 0 bridgehead atoms. The van der Waals surface area contributed by atoms with Gasteiger partial charge in [-0.3, -0.25) is 0 Å². The molecular weight excluding hydrogens is 412 g/mol. The van der Waals surface area contributed by atoms with E-state index in [2.05, 4.69) is 119 Å². The average Bonchev–Trinajstić information content (AvgIpc) is 2.82. The van der Waals surface area contributed by atoms with E-state index < -0.39 is 0 Å². The summed E-state index contributed by atoms with van der Waals surface area (Å²) < 4.78 is 0. The van der Waals surface area contributed by atoms with Gasteiger partial charge in [-0.25, -0.2) is 0 Å². The van der Waals surface area contributed by atoms with Gasteiger partial charge in [0.05, 0.1) is 0 Å². The van der Waals surface area contributed by atoms with E-state index in [-0.39, 0.29) is 5.41 Å². The Hall–Kier alpha value is -3.58. The van der Waals surface area contributed by atoms with E-state index in [9.17, 15) is 5.11 Å². The molecule has 0 saturated heterocycles. The monoisotopic (exact) mass is 444 g/mol. The van der Waals surface area contributed by atoms with Gasteiger partial charge in [0.15, 0.2) is 0 Å². The van der Waals surface area contributed by atoms with E-state index in [0.717, 1.165) is 17.5 Å². The van der Waals surface area contributed by atoms with Crippen molar-refractivity contribution in [3.05, 3.63) is 124 Å². The molecule has 0 radical (unpaired) electrons. The lowest BCUT2D eigenvalue weighted by Gasteiger charge is -2.26. The van der Waals surface area contributed by atoms with E-state index in [4.69, 9.17) is 0 Å². The first-order valence-corrected chi connectivity index (χ1v) is 12.1. The first kappa shape index (κ1) is 22.2. The molecule has 0 spiro atoms. The van der Waals surface area contributed by atoms with Crippen molar-refractivity contribution in [1.29, 1.82) is 0 Å². The number of benzene rings is 5. The lowest BCUT2D eigenvalue weighted by molar-refractivity contribution is 0.461. The minimum Gasteiger partial charge on any atom is -0.507 e. The number of aromatic hydroxyl groups is 1. The number of fused-ring (bicyclic) bond motifs is 2. The van der Waals surface area contributed by atoms with Gasteiger partial charge in [-0.15, -0.1) is 0 Å². The standard InChI is InChI=1S/C33H32O/c1-22-30(20-24-14-16-26-10-6-8-12-28(26)18-24)32(34)29(21-31(22)33(2,3)4)19-23-13-15-25-9-5-7-11-27(25)17-23/h5-18,21,34H,19-20H2,1-4H3. The number of hydrogen-bond donors (Lipinski definition) is 1. The third-order valence-corrected chi connectivity index (χ3v) is 6.98. The van der Waals surface area contributed by atoms with Crippen LogP contribution in [-0.2, 0) is 18.3 Å². The second kappa shape index (κ2) is 8.65. The Kier molecular flexibility index (Phi) is 5.65. The quantitative estimate of drug-likeness (QED) is 0.295. The topological polar surface area (TPSA) is 20.2 Å². The maximum Gasteiger partial charge on any atom is 0.122 e. The van der Waals surface area contributed by atoms with Crippen LogP contribution in [0.15, 0.2) is 91.0 Å². The molecule has 1 heteroatoms. The predicted molar refractivity (Wildman–Crippen MR) is 145 cm³/mol. The van der Waals surface area contributed by atoms with Crippen LogP contribution in [0.2, 0.25) is 0 Å². The van der Waals surface area contributed by atoms with Gasteiger partial charge in [-0.05, 0) is 61.7 Å². The third-order valence-electron chi connectivity index (χ3n) is 6.98. The fourth-order valence-corrected chi connectivity index (χ4v) is 5.14. The van der Waals surface area contributed by atoms with Crippen molar-refractivity contribution in [2.75, 3.05) is 0 Å². The van der Waals surface area contributed by atoms with Crippen molar-refractivity contribution in [3.63, 3.8) is 0 Å². The molecule has 5 rings (SSSR count). The fourth-order valence-electron chi connectivity index (χ4n) is 5.14. The Morgan fingerprint density at radius 2 is 1.12 bits per heavy atom. The molecule has 0 atom stereocenters. The third kappa shape index (κ3) is 4.31. The Bertz CT molecular complexity index is 1500. The van der Waals surface area contributed by atoms with Crippen molar-refractivity contribution in [1.82, 2.24) is 0 Å². The molecule has 1 nitrogen and oxygen atoms in total. The second-order valence-electron chi connectivity index (χ2n) is 10.5. The summed E-state index contributed by atoms with van der Waals surface area (Å²) in [7, 11) is 0.